The Morgan fingerprint density at radius 2 is 1.86 bits per heavy atom. The van der Waals surface area contributed by atoms with Crippen molar-refractivity contribution in [1.82, 2.24) is 10.3 Å². The molecule has 0 radical (unpaired) electrons. The molecule has 1 fully saturated rings. The predicted molar refractivity (Wildman–Crippen MR) is 114 cm³/mol. The van der Waals surface area contributed by atoms with Crippen molar-refractivity contribution in [3.05, 3.63) is 47.7 Å². The fourth-order valence-corrected chi connectivity index (χ4v) is 3.49. The monoisotopic (exact) mass is 394 g/mol. The van der Waals surface area contributed by atoms with Crippen LogP contribution in [0.2, 0.25) is 0 Å². The quantitative estimate of drug-likeness (QED) is 0.613. The lowest BCUT2D eigenvalue weighted by atomic mass is 10.1. The average molecular weight is 395 g/mol. The van der Waals surface area contributed by atoms with Crippen LogP contribution in [-0.4, -0.2) is 31.8 Å². The van der Waals surface area contributed by atoms with Gasteiger partial charge in [0.2, 0.25) is 0 Å². The first kappa shape index (κ1) is 20.9. The second-order valence-electron chi connectivity index (χ2n) is 7.27. The first-order valence-corrected chi connectivity index (χ1v) is 10.4. The van der Waals surface area contributed by atoms with Crippen molar-refractivity contribution in [2.45, 2.75) is 45.2 Å². The summed E-state index contributed by atoms with van der Waals surface area (Å²) in [4.78, 5) is 6.93. The summed E-state index contributed by atoms with van der Waals surface area (Å²) in [5.74, 6) is 2.52. The van der Waals surface area contributed by atoms with Gasteiger partial charge in [-0.15, -0.1) is 0 Å². The molecule has 2 heterocycles. The van der Waals surface area contributed by atoms with Crippen LogP contribution in [0.1, 0.15) is 43.2 Å². The molecule has 1 aliphatic heterocycles. The molecule has 1 aromatic heterocycles. The summed E-state index contributed by atoms with van der Waals surface area (Å²) in [6.45, 7) is 4.24. The van der Waals surface area contributed by atoms with E-state index in [1.54, 1.807) is 7.11 Å². The van der Waals surface area contributed by atoms with Crippen LogP contribution in [-0.2, 0) is 13.1 Å². The van der Waals surface area contributed by atoms with Gasteiger partial charge in [-0.1, -0.05) is 6.07 Å². The van der Waals surface area contributed by atoms with Crippen molar-refractivity contribution >= 4 is 5.82 Å². The smallest absolute Gasteiger partial charge is 0.161 e. The number of ether oxygens (including phenoxy) is 2. The molecule has 3 rings (SSSR count). The summed E-state index contributed by atoms with van der Waals surface area (Å²) >= 11 is 0. The van der Waals surface area contributed by atoms with E-state index in [0.29, 0.717) is 25.2 Å². The van der Waals surface area contributed by atoms with Crippen LogP contribution in [0.15, 0.2) is 36.5 Å². The highest BCUT2D eigenvalue weighted by Gasteiger charge is 2.12. The van der Waals surface area contributed by atoms with Crippen molar-refractivity contribution in [1.29, 1.82) is 5.26 Å². The number of nitrogens with zero attached hydrogens (tertiary/aromatic N) is 3. The average Bonchev–Trinajstić information content (AvgIpc) is 2.78. The van der Waals surface area contributed by atoms with Crippen molar-refractivity contribution in [3.8, 4) is 17.6 Å². The summed E-state index contributed by atoms with van der Waals surface area (Å²) in [7, 11) is 1.64. The lowest BCUT2D eigenvalue weighted by Gasteiger charge is -2.27. The lowest BCUT2D eigenvalue weighted by molar-refractivity contribution is 0.290. The first-order chi connectivity index (χ1) is 14.3. The van der Waals surface area contributed by atoms with E-state index in [-0.39, 0.29) is 0 Å². The zero-order valence-corrected chi connectivity index (χ0v) is 17.2. The lowest BCUT2D eigenvalue weighted by Crippen LogP contribution is -2.30. The number of benzene rings is 1. The normalized spacial score (nSPS) is 13.7. The Bertz CT molecular complexity index is 813. The number of aromatic nitrogens is 1. The molecule has 0 spiro atoms. The van der Waals surface area contributed by atoms with Gasteiger partial charge >= 0.3 is 0 Å². The Morgan fingerprint density at radius 3 is 2.62 bits per heavy atom. The number of anilines is 1. The van der Waals surface area contributed by atoms with E-state index in [2.05, 4.69) is 33.4 Å². The van der Waals surface area contributed by atoms with Crippen LogP contribution in [0.4, 0.5) is 5.82 Å². The van der Waals surface area contributed by atoms with Gasteiger partial charge < -0.3 is 19.7 Å². The number of methoxy groups -OCH3 is 1. The highest BCUT2D eigenvalue weighted by atomic mass is 16.5. The zero-order valence-electron chi connectivity index (χ0n) is 17.2. The highest BCUT2D eigenvalue weighted by molar-refractivity contribution is 5.43. The van der Waals surface area contributed by atoms with Gasteiger partial charge in [0.15, 0.2) is 11.5 Å². The van der Waals surface area contributed by atoms with Crippen LogP contribution in [0, 0.1) is 11.3 Å². The molecule has 1 aromatic carbocycles. The van der Waals surface area contributed by atoms with Crippen LogP contribution in [0.25, 0.3) is 0 Å². The molecule has 6 nitrogen and oxygen atoms in total. The summed E-state index contributed by atoms with van der Waals surface area (Å²) in [5, 5.41) is 12.1. The van der Waals surface area contributed by atoms with E-state index >= 15 is 0 Å². The number of unbranched alkanes of at least 4 members (excludes halogenated alkanes) is 1. The summed E-state index contributed by atoms with van der Waals surface area (Å²) in [5.41, 5.74) is 2.37. The molecule has 1 saturated heterocycles. The number of hydrogen-bond donors (Lipinski definition) is 1. The van der Waals surface area contributed by atoms with Crippen LogP contribution >= 0.6 is 0 Å². The molecule has 1 aliphatic rings. The maximum Gasteiger partial charge on any atom is 0.161 e. The van der Waals surface area contributed by atoms with Crippen molar-refractivity contribution < 1.29 is 9.47 Å². The molecule has 0 saturated carbocycles. The van der Waals surface area contributed by atoms with Crippen molar-refractivity contribution in [2.75, 3.05) is 31.7 Å². The Hall–Kier alpha value is -2.78. The maximum absolute atomic E-state index is 8.65. The Labute approximate surface area is 173 Å². The minimum absolute atomic E-state index is 0.495. The topological polar surface area (TPSA) is 70.4 Å². The van der Waals surface area contributed by atoms with Gasteiger partial charge in [-0.3, -0.25) is 0 Å². The predicted octanol–water partition coefficient (Wildman–Crippen LogP) is 4.05. The van der Waals surface area contributed by atoms with Crippen LogP contribution in [0.3, 0.4) is 0 Å². The van der Waals surface area contributed by atoms with Crippen LogP contribution < -0.4 is 19.7 Å². The number of nitriles is 1. The fourth-order valence-electron chi connectivity index (χ4n) is 3.49. The molecule has 0 atom stereocenters. The van der Waals surface area contributed by atoms with Crippen molar-refractivity contribution in [2.24, 2.45) is 0 Å². The van der Waals surface area contributed by atoms with E-state index in [1.165, 1.54) is 24.8 Å². The molecule has 154 valence electrons. The van der Waals surface area contributed by atoms with Gasteiger partial charge in [0.1, 0.15) is 5.82 Å². The second-order valence-corrected chi connectivity index (χ2v) is 7.27. The molecule has 0 amide bonds. The number of rotatable bonds is 10. The molecule has 2 aromatic rings. The van der Waals surface area contributed by atoms with E-state index in [9.17, 15) is 0 Å². The van der Waals surface area contributed by atoms with Gasteiger partial charge in [0.25, 0.3) is 0 Å². The molecule has 0 bridgehead atoms. The highest BCUT2D eigenvalue weighted by Crippen LogP contribution is 2.28. The van der Waals surface area contributed by atoms with E-state index in [4.69, 9.17) is 14.7 Å². The maximum atomic E-state index is 8.65. The van der Waals surface area contributed by atoms with Gasteiger partial charge in [0.05, 0.1) is 19.8 Å². The van der Waals surface area contributed by atoms with E-state index < -0.39 is 0 Å². The minimum Gasteiger partial charge on any atom is -0.493 e. The summed E-state index contributed by atoms with van der Waals surface area (Å²) in [6, 6.07) is 12.4. The van der Waals surface area contributed by atoms with Crippen molar-refractivity contribution in [3.63, 3.8) is 0 Å². The fraction of sp³-hybridized carbons (Fsp3) is 0.478. The minimum atomic E-state index is 0.495. The zero-order chi connectivity index (χ0) is 20.3. The number of pyridine rings is 1. The van der Waals surface area contributed by atoms with Crippen LogP contribution in [0.5, 0.6) is 11.5 Å². The standard InChI is InChI=1S/C23H30N4O2/c1-28-21-8-7-19(15-22(21)29-14-6-3-10-24)17-25-18-20-9-11-26-23(16-20)27-12-4-2-5-13-27/h7-9,11,15-16,25H,2-6,12-14,17-18H2,1H3. The third-order valence-electron chi connectivity index (χ3n) is 5.07. The Morgan fingerprint density at radius 1 is 1.07 bits per heavy atom. The number of piperidine rings is 1. The number of nitrogens with one attached hydrogen (secondary N) is 1. The van der Waals surface area contributed by atoms with Gasteiger partial charge in [-0.05, 0) is 61.1 Å². The Balaban J connectivity index is 1.54. The third kappa shape index (κ3) is 6.37. The molecule has 1 N–H and O–H groups in total. The van der Waals surface area contributed by atoms with Gasteiger partial charge in [0, 0.05) is 38.8 Å². The largest absolute Gasteiger partial charge is 0.493 e. The molecule has 6 heteroatoms. The first-order valence-electron chi connectivity index (χ1n) is 10.4. The molecule has 0 unspecified atom stereocenters. The molecular formula is C23H30N4O2. The SMILES string of the molecule is COc1ccc(CNCc2ccnc(N3CCCCC3)c2)cc1OCCCC#N. The molecule has 29 heavy (non-hydrogen) atoms. The summed E-state index contributed by atoms with van der Waals surface area (Å²) < 4.78 is 11.2. The second kappa shape index (κ2) is 11.3. The molecule has 0 aliphatic carbocycles. The van der Waals surface area contributed by atoms with Gasteiger partial charge in [-0.25, -0.2) is 4.98 Å². The van der Waals surface area contributed by atoms with Gasteiger partial charge in [-0.2, -0.15) is 5.26 Å². The summed E-state index contributed by atoms with van der Waals surface area (Å²) in [6.07, 6.45) is 6.94. The van der Waals surface area contributed by atoms with E-state index in [1.807, 2.05) is 24.4 Å². The third-order valence-corrected chi connectivity index (χ3v) is 5.07. The van der Waals surface area contributed by atoms with E-state index in [0.717, 1.165) is 43.3 Å². The Kier molecular flexibility index (Phi) is 8.14. The molecular weight excluding hydrogens is 364 g/mol. The number of hydrogen-bond acceptors (Lipinski definition) is 6.